The van der Waals surface area contributed by atoms with Crippen molar-refractivity contribution in [2.24, 2.45) is 0 Å². The maximum absolute atomic E-state index is 11.3. The van der Waals surface area contributed by atoms with Crippen molar-refractivity contribution in [3.8, 4) is 0 Å². The van der Waals surface area contributed by atoms with E-state index in [0.717, 1.165) is 0 Å². The fourth-order valence-electron chi connectivity index (χ4n) is 3.46. The summed E-state index contributed by atoms with van der Waals surface area (Å²) in [5.41, 5.74) is 0.554. The van der Waals surface area contributed by atoms with Gasteiger partial charge in [-0.15, -0.1) is 0 Å². The number of ether oxygens (including phenoxy) is 2. The summed E-state index contributed by atoms with van der Waals surface area (Å²) in [6.45, 7) is -2.71. The minimum Gasteiger partial charge on any atom is -0.388 e. The van der Waals surface area contributed by atoms with Crippen LogP contribution in [0.5, 0.6) is 0 Å². The molecule has 1 heterocycles. The maximum atomic E-state index is 11.3. The van der Waals surface area contributed by atoms with Crippen LogP contribution in [-0.2, 0) is 53.2 Å². The molecule has 0 radical (unpaired) electrons. The molecular formula is C18H29NO19S3. The number of aliphatic hydroxyl groups excluding tert-OH is 5. The molecule has 1 aliphatic rings. The highest BCUT2D eigenvalue weighted by Crippen LogP contribution is 2.29. The highest BCUT2D eigenvalue weighted by Gasteiger charge is 2.51. The van der Waals surface area contributed by atoms with Gasteiger partial charge in [0.15, 0.2) is 12.4 Å². The van der Waals surface area contributed by atoms with Crippen LogP contribution in [0.25, 0.3) is 0 Å². The quantitative estimate of drug-likeness (QED) is 0.0760. The van der Waals surface area contributed by atoms with Gasteiger partial charge in [-0.05, 0) is 12.1 Å². The third-order valence-corrected chi connectivity index (χ3v) is 6.69. The summed E-state index contributed by atoms with van der Waals surface area (Å²) in [6.07, 6.45) is -19.6. The van der Waals surface area contributed by atoms with Gasteiger partial charge in [0.05, 0.1) is 19.3 Å². The second-order valence-electron chi connectivity index (χ2n) is 8.42. The predicted molar refractivity (Wildman–Crippen MR) is 130 cm³/mol. The summed E-state index contributed by atoms with van der Waals surface area (Å²) < 4.78 is 116. The highest BCUT2D eigenvalue weighted by molar-refractivity contribution is 7.81. The molecule has 0 aliphatic carbocycles. The molecule has 238 valence electrons. The predicted octanol–water partition coefficient (Wildman–Crippen LogP) is -4.16. The van der Waals surface area contributed by atoms with Gasteiger partial charge >= 0.3 is 31.2 Å². The average Bonchev–Trinajstić information content (AvgIpc) is 2.85. The molecule has 0 amide bonds. The van der Waals surface area contributed by atoms with Crippen LogP contribution in [0, 0.1) is 0 Å². The fourth-order valence-corrected chi connectivity index (χ4v) is 4.77. The van der Waals surface area contributed by atoms with Gasteiger partial charge in [0.1, 0.15) is 36.6 Å². The lowest BCUT2D eigenvalue weighted by molar-refractivity contribution is -0.296. The molecule has 1 aromatic carbocycles. The topological polar surface area (TPSA) is 322 Å². The van der Waals surface area contributed by atoms with Gasteiger partial charge in [-0.3, -0.25) is 13.7 Å². The van der Waals surface area contributed by atoms with Crippen molar-refractivity contribution in [1.29, 1.82) is 0 Å². The molecule has 20 nitrogen and oxygen atoms in total. The Morgan fingerprint density at radius 2 is 1.34 bits per heavy atom. The van der Waals surface area contributed by atoms with Crippen LogP contribution in [-0.4, -0.2) is 139 Å². The van der Waals surface area contributed by atoms with Crippen LogP contribution < -0.4 is 5.32 Å². The Morgan fingerprint density at radius 3 is 1.88 bits per heavy atom. The first-order chi connectivity index (χ1) is 18.8. The SMILES string of the molecule is O=S(=O)(O)OC[C@@H]1O[C@@H](OC[C@@H](O)[C@@H](O)[C@H](O)[C@@H](O)CNc2ccccc2)[C@H](OS(=O)(=O)O)[C@@H](O)[C@@H]1OS(=O)(=O)O. The van der Waals surface area contributed by atoms with Crippen molar-refractivity contribution in [2.45, 2.75) is 55.1 Å². The minimum atomic E-state index is -5.47. The van der Waals surface area contributed by atoms with Gasteiger partial charge in [-0.1, -0.05) is 18.2 Å². The number of aliphatic hydroxyl groups is 5. The summed E-state index contributed by atoms with van der Waals surface area (Å²) in [5.74, 6) is 0. The normalized spacial score (nSPS) is 27.1. The van der Waals surface area contributed by atoms with Crippen molar-refractivity contribution < 1.29 is 86.5 Å². The lowest BCUT2D eigenvalue weighted by Gasteiger charge is -2.42. The Labute approximate surface area is 233 Å². The third kappa shape index (κ3) is 12.2. The monoisotopic (exact) mass is 659 g/mol. The maximum Gasteiger partial charge on any atom is 0.397 e. The van der Waals surface area contributed by atoms with E-state index in [2.05, 4.69) is 17.9 Å². The van der Waals surface area contributed by atoms with Crippen LogP contribution in [0.15, 0.2) is 30.3 Å². The van der Waals surface area contributed by atoms with Crippen LogP contribution in [0.3, 0.4) is 0 Å². The van der Waals surface area contributed by atoms with E-state index in [0.29, 0.717) is 5.69 Å². The van der Waals surface area contributed by atoms with E-state index in [1.54, 1.807) is 30.3 Å². The van der Waals surface area contributed by atoms with E-state index in [1.165, 1.54) is 0 Å². The summed E-state index contributed by atoms with van der Waals surface area (Å²) in [4.78, 5) is 0. The van der Waals surface area contributed by atoms with Crippen LogP contribution in [0.1, 0.15) is 0 Å². The zero-order valence-electron chi connectivity index (χ0n) is 20.5. The van der Waals surface area contributed by atoms with Crippen molar-refractivity contribution >= 4 is 36.9 Å². The molecule has 1 aliphatic heterocycles. The molecule has 1 aromatic rings. The summed E-state index contributed by atoms with van der Waals surface area (Å²) in [7, 11) is -16.1. The minimum absolute atomic E-state index is 0.289. The Bertz CT molecular complexity index is 1280. The van der Waals surface area contributed by atoms with Crippen molar-refractivity contribution in [3.63, 3.8) is 0 Å². The average molecular weight is 660 g/mol. The summed E-state index contributed by atoms with van der Waals surface area (Å²) in [5, 5.41) is 54.1. The number of anilines is 1. The fraction of sp³-hybridized carbons (Fsp3) is 0.667. The van der Waals surface area contributed by atoms with E-state index >= 15 is 0 Å². The molecule has 9 N–H and O–H groups in total. The second-order valence-corrected chi connectivity index (χ2v) is 11.6. The molecule has 0 aromatic heterocycles. The molecule has 9 atom stereocenters. The molecular weight excluding hydrogens is 630 g/mol. The molecule has 1 fully saturated rings. The third-order valence-electron chi connectivity index (χ3n) is 5.32. The standard InChI is InChI=1S/C18H29NO19S3/c20-10(6-19-9-4-2-1-3-5-9)13(22)14(23)11(21)7-34-18-17(38-41(31,32)33)15(24)16(37-40(28,29)30)12(36-18)8-35-39(25,26)27/h1-5,10-24H,6-8H2,(H,25,26,27)(H,28,29,30)(H,31,32,33)/t10-,11+,12-,13+,14+,15-,16+,17+,18+/m0/s1. The first kappa shape index (κ1) is 35.5. The molecule has 23 heteroatoms. The number of hydrogen-bond acceptors (Lipinski definition) is 17. The van der Waals surface area contributed by atoms with Crippen molar-refractivity contribution in [1.82, 2.24) is 0 Å². The van der Waals surface area contributed by atoms with Gasteiger partial charge in [0.25, 0.3) is 0 Å². The Kier molecular flexibility index (Phi) is 12.7. The van der Waals surface area contributed by atoms with Crippen LogP contribution >= 0.6 is 0 Å². The smallest absolute Gasteiger partial charge is 0.388 e. The second kappa shape index (κ2) is 14.7. The number of benzene rings is 1. The molecule has 0 spiro atoms. The lowest BCUT2D eigenvalue weighted by atomic mass is 9.99. The van der Waals surface area contributed by atoms with Crippen LogP contribution in [0.2, 0.25) is 0 Å². The Hall–Kier alpha value is -1.65. The summed E-state index contributed by atoms with van der Waals surface area (Å²) >= 11 is 0. The zero-order chi connectivity index (χ0) is 31.2. The highest BCUT2D eigenvalue weighted by atomic mass is 32.3. The number of hydrogen-bond donors (Lipinski definition) is 9. The first-order valence-electron chi connectivity index (χ1n) is 11.2. The van der Waals surface area contributed by atoms with Crippen molar-refractivity contribution in [3.05, 3.63) is 30.3 Å². The molecule has 0 bridgehead atoms. The Morgan fingerprint density at radius 1 is 0.805 bits per heavy atom. The summed E-state index contributed by atoms with van der Waals surface area (Å²) in [6, 6.07) is 8.37. The molecule has 1 saturated heterocycles. The van der Waals surface area contributed by atoms with Gasteiger partial charge in [0, 0.05) is 12.2 Å². The van der Waals surface area contributed by atoms with Gasteiger partial charge in [-0.25, -0.2) is 12.5 Å². The molecule has 0 unspecified atom stereocenters. The van der Waals surface area contributed by atoms with Gasteiger partial charge < -0.3 is 40.3 Å². The zero-order valence-corrected chi connectivity index (χ0v) is 22.9. The first-order valence-corrected chi connectivity index (χ1v) is 15.3. The molecule has 2 rings (SSSR count). The van der Waals surface area contributed by atoms with E-state index < -0.39 is 99.5 Å². The van der Waals surface area contributed by atoms with E-state index in [1.807, 2.05) is 0 Å². The van der Waals surface area contributed by atoms with Gasteiger partial charge in [-0.2, -0.15) is 25.3 Å². The number of nitrogens with one attached hydrogen (secondary N) is 1. The van der Waals surface area contributed by atoms with E-state index in [4.69, 9.17) is 23.1 Å². The number of para-hydroxylation sites is 1. The van der Waals surface area contributed by atoms with Gasteiger partial charge in [0.2, 0.25) is 0 Å². The molecule has 0 saturated carbocycles. The Balaban J connectivity index is 2.16. The number of rotatable bonds is 16. The van der Waals surface area contributed by atoms with E-state index in [9.17, 15) is 50.8 Å². The molecule has 41 heavy (non-hydrogen) atoms. The van der Waals surface area contributed by atoms with E-state index in [-0.39, 0.29) is 6.54 Å². The largest absolute Gasteiger partial charge is 0.397 e. The lowest BCUT2D eigenvalue weighted by Crippen LogP contribution is -2.62. The van der Waals surface area contributed by atoms with Crippen LogP contribution in [0.4, 0.5) is 5.69 Å². The van der Waals surface area contributed by atoms with Crippen molar-refractivity contribution in [2.75, 3.05) is 25.1 Å².